The number of nitrogens with one attached hydrogen (secondary N) is 3. The van der Waals surface area contributed by atoms with Crippen LogP contribution in [0.5, 0.6) is 0 Å². The van der Waals surface area contributed by atoms with E-state index in [9.17, 15) is 9.59 Å². The van der Waals surface area contributed by atoms with Crippen molar-refractivity contribution >= 4 is 17.9 Å². The second-order valence-corrected chi connectivity index (χ2v) is 5.85. The summed E-state index contributed by atoms with van der Waals surface area (Å²) < 4.78 is 5.51. The Balaban J connectivity index is 1.70. The van der Waals surface area contributed by atoms with Crippen LogP contribution in [0.2, 0.25) is 0 Å². The Hall–Kier alpha value is -2.86. The lowest BCUT2D eigenvalue weighted by molar-refractivity contribution is -0.118. The second kappa shape index (κ2) is 8.30. The average molecular weight is 339 g/mol. The molecule has 0 aliphatic carbocycles. The fraction of sp³-hybridized carbons (Fsp3) is 0.263. The van der Waals surface area contributed by atoms with Gasteiger partial charge in [0, 0.05) is 30.6 Å². The zero-order chi connectivity index (χ0) is 17.5. The van der Waals surface area contributed by atoms with E-state index in [-0.39, 0.29) is 23.6 Å². The molecule has 2 heterocycles. The molecule has 1 fully saturated rings. The molecule has 6 nitrogen and oxygen atoms in total. The molecule has 6 heteroatoms. The fourth-order valence-electron chi connectivity index (χ4n) is 2.64. The van der Waals surface area contributed by atoms with E-state index in [1.165, 1.54) is 0 Å². The molecule has 1 aliphatic heterocycles. The molecule has 0 unspecified atom stereocenters. The van der Waals surface area contributed by atoms with Crippen LogP contribution in [0.15, 0.2) is 54.4 Å². The van der Waals surface area contributed by atoms with Crippen LogP contribution >= 0.6 is 0 Å². The summed E-state index contributed by atoms with van der Waals surface area (Å²) in [4.78, 5) is 27.9. The summed E-state index contributed by atoms with van der Waals surface area (Å²) in [5, 5.41) is 5.53. The lowest BCUT2D eigenvalue weighted by atomic mass is 10.2. The minimum atomic E-state index is -0.339. The molecular formula is C19H21N3O3. The summed E-state index contributed by atoms with van der Waals surface area (Å²) in [6, 6.07) is 12.4. The molecule has 1 aromatic heterocycles. The maximum absolute atomic E-state index is 12.5. The first-order valence-corrected chi connectivity index (χ1v) is 8.33. The Morgan fingerprint density at radius 1 is 1.20 bits per heavy atom. The van der Waals surface area contributed by atoms with Crippen molar-refractivity contribution in [2.24, 2.45) is 0 Å². The minimum Gasteiger partial charge on any atom is -0.376 e. The first-order chi connectivity index (χ1) is 12.2. The smallest absolute Gasteiger partial charge is 0.267 e. The van der Waals surface area contributed by atoms with Crippen molar-refractivity contribution in [2.45, 2.75) is 18.9 Å². The van der Waals surface area contributed by atoms with Gasteiger partial charge in [-0.05, 0) is 43.2 Å². The first kappa shape index (κ1) is 17.0. The highest BCUT2D eigenvalue weighted by Crippen LogP contribution is 2.11. The summed E-state index contributed by atoms with van der Waals surface area (Å²) in [5.41, 5.74) is 1.41. The second-order valence-electron chi connectivity index (χ2n) is 5.85. The highest BCUT2D eigenvalue weighted by Gasteiger charge is 2.19. The van der Waals surface area contributed by atoms with Gasteiger partial charge < -0.3 is 20.4 Å². The normalized spacial score (nSPS) is 17.3. The number of hydrogen-bond donors (Lipinski definition) is 3. The lowest BCUT2D eigenvalue weighted by Gasteiger charge is -2.13. The molecule has 1 atom stereocenters. The monoisotopic (exact) mass is 339 g/mol. The highest BCUT2D eigenvalue weighted by molar-refractivity contribution is 6.05. The van der Waals surface area contributed by atoms with Crippen LogP contribution in [-0.4, -0.2) is 36.1 Å². The number of benzene rings is 1. The van der Waals surface area contributed by atoms with E-state index in [2.05, 4.69) is 15.6 Å². The third-order valence-electron chi connectivity index (χ3n) is 3.96. The molecule has 0 radical (unpaired) electrons. The molecule has 25 heavy (non-hydrogen) atoms. The van der Waals surface area contributed by atoms with Crippen LogP contribution in [0.1, 0.15) is 28.9 Å². The molecule has 3 N–H and O–H groups in total. The van der Waals surface area contributed by atoms with E-state index >= 15 is 0 Å². The number of H-pyrrole nitrogens is 1. The van der Waals surface area contributed by atoms with Crippen LogP contribution in [0.3, 0.4) is 0 Å². The lowest BCUT2D eigenvalue weighted by Crippen LogP contribution is -2.38. The van der Waals surface area contributed by atoms with Crippen LogP contribution in [0.25, 0.3) is 6.08 Å². The van der Waals surface area contributed by atoms with Gasteiger partial charge in [-0.2, -0.15) is 0 Å². The summed E-state index contributed by atoms with van der Waals surface area (Å²) in [6.07, 6.45) is 5.36. The van der Waals surface area contributed by atoms with Crippen molar-refractivity contribution in [1.82, 2.24) is 15.6 Å². The Morgan fingerprint density at radius 3 is 2.72 bits per heavy atom. The number of amides is 2. The third-order valence-corrected chi connectivity index (χ3v) is 3.96. The summed E-state index contributed by atoms with van der Waals surface area (Å²) >= 11 is 0. The van der Waals surface area contributed by atoms with Gasteiger partial charge in [-0.15, -0.1) is 0 Å². The van der Waals surface area contributed by atoms with E-state index in [0.717, 1.165) is 25.1 Å². The standard InChI is InChI=1S/C19H21N3O3/c23-18(14-6-2-1-3-7-14)22-17(12-15-8-4-10-20-15)19(24)21-13-16-9-5-11-25-16/h1-4,6-8,10,12,16,20H,5,9,11,13H2,(H,21,24)(H,22,23)/b17-12-/t16-/m1/s1. The maximum Gasteiger partial charge on any atom is 0.267 e. The van der Waals surface area contributed by atoms with Gasteiger partial charge in [-0.1, -0.05) is 18.2 Å². The number of hydrogen-bond acceptors (Lipinski definition) is 3. The Morgan fingerprint density at radius 2 is 2.04 bits per heavy atom. The molecule has 0 spiro atoms. The number of aromatic nitrogens is 1. The third kappa shape index (κ3) is 4.81. The van der Waals surface area contributed by atoms with Gasteiger partial charge in [0.05, 0.1) is 6.10 Å². The predicted octanol–water partition coefficient (Wildman–Crippen LogP) is 2.08. The number of rotatable bonds is 6. The SMILES string of the molecule is O=C(NC[C@H]1CCCO1)/C(=C/c1ccc[nH]1)NC(=O)c1ccccc1. The van der Waals surface area contributed by atoms with Crippen molar-refractivity contribution in [2.75, 3.05) is 13.2 Å². The molecule has 1 saturated heterocycles. The van der Waals surface area contributed by atoms with E-state index in [0.29, 0.717) is 12.1 Å². The van der Waals surface area contributed by atoms with E-state index < -0.39 is 0 Å². The van der Waals surface area contributed by atoms with E-state index in [1.54, 1.807) is 36.5 Å². The maximum atomic E-state index is 12.5. The topological polar surface area (TPSA) is 83.2 Å². The largest absolute Gasteiger partial charge is 0.376 e. The summed E-state index contributed by atoms with van der Waals surface area (Å²) in [5.74, 6) is -0.667. The Labute approximate surface area is 146 Å². The first-order valence-electron chi connectivity index (χ1n) is 8.33. The van der Waals surface area contributed by atoms with Gasteiger partial charge in [0.25, 0.3) is 11.8 Å². The van der Waals surface area contributed by atoms with Gasteiger partial charge in [-0.3, -0.25) is 9.59 Å². The zero-order valence-corrected chi connectivity index (χ0v) is 13.8. The van der Waals surface area contributed by atoms with Crippen molar-refractivity contribution < 1.29 is 14.3 Å². The molecule has 2 aromatic rings. The molecule has 2 amide bonds. The number of ether oxygens (including phenoxy) is 1. The van der Waals surface area contributed by atoms with E-state index in [4.69, 9.17) is 4.74 Å². The Kier molecular flexibility index (Phi) is 5.64. The average Bonchev–Trinajstić information content (AvgIpc) is 3.33. The number of carbonyl (C=O) groups excluding carboxylic acids is 2. The Bertz CT molecular complexity index is 733. The fourth-order valence-corrected chi connectivity index (χ4v) is 2.64. The molecular weight excluding hydrogens is 318 g/mol. The zero-order valence-electron chi connectivity index (χ0n) is 13.8. The summed E-state index contributed by atoms with van der Waals surface area (Å²) in [6.45, 7) is 1.17. The molecule has 1 aliphatic rings. The number of carbonyl (C=O) groups is 2. The number of aromatic amines is 1. The molecule has 3 rings (SSSR count). The van der Waals surface area contributed by atoms with Gasteiger partial charge in [0.15, 0.2) is 0 Å². The van der Waals surface area contributed by atoms with Crippen molar-refractivity contribution in [3.8, 4) is 0 Å². The van der Waals surface area contributed by atoms with Gasteiger partial charge in [-0.25, -0.2) is 0 Å². The molecule has 0 bridgehead atoms. The van der Waals surface area contributed by atoms with Gasteiger partial charge in [0.2, 0.25) is 0 Å². The molecule has 0 saturated carbocycles. The van der Waals surface area contributed by atoms with Crippen LogP contribution in [-0.2, 0) is 9.53 Å². The van der Waals surface area contributed by atoms with Crippen LogP contribution in [0.4, 0.5) is 0 Å². The quantitative estimate of drug-likeness (QED) is 0.705. The van der Waals surface area contributed by atoms with E-state index in [1.807, 2.05) is 18.2 Å². The van der Waals surface area contributed by atoms with Crippen LogP contribution in [0, 0.1) is 0 Å². The van der Waals surface area contributed by atoms with Crippen molar-refractivity contribution in [3.63, 3.8) is 0 Å². The summed E-state index contributed by atoms with van der Waals surface area (Å²) in [7, 11) is 0. The molecule has 130 valence electrons. The predicted molar refractivity (Wildman–Crippen MR) is 94.7 cm³/mol. The van der Waals surface area contributed by atoms with Gasteiger partial charge in [0.1, 0.15) is 5.70 Å². The van der Waals surface area contributed by atoms with Crippen molar-refractivity contribution in [1.29, 1.82) is 0 Å². The van der Waals surface area contributed by atoms with Gasteiger partial charge >= 0.3 is 0 Å². The highest BCUT2D eigenvalue weighted by atomic mass is 16.5. The van der Waals surface area contributed by atoms with Crippen LogP contribution < -0.4 is 10.6 Å². The van der Waals surface area contributed by atoms with Crippen molar-refractivity contribution in [3.05, 3.63) is 65.6 Å². The minimum absolute atomic E-state index is 0.0421. The molecule has 1 aromatic carbocycles.